The summed E-state index contributed by atoms with van der Waals surface area (Å²) in [5.41, 5.74) is 1.54. The van der Waals surface area contributed by atoms with Crippen LogP contribution in [0.5, 0.6) is 0 Å². The van der Waals surface area contributed by atoms with E-state index in [4.69, 9.17) is 11.6 Å². The summed E-state index contributed by atoms with van der Waals surface area (Å²) in [6.07, 6.45) is 3.62. The van der Waals surface area contributed by atoms with Crippen LogP contribution in [-0.2, 0) is 11.2 Å². The highest BCUT2D eigenvalue weighted by molar-refractivity contribution is 7.99. The molecule has 3 rings (SSSR count). The van der Waals surface area contributed by atoms with Crippen molar-refractivity contribution in [2.75, 3.05) is 17.2 Å². The Kier molecular flexibility index (Phi) is 4.12. The smallest absolute Gasteiger partial charge is 0.231 e. The Labute approximate surface area is 131 Å². The third-order valence-electron chi connectivity index (χ3n) is 3.26. The lowest BCUT2D eigenvalue weighted by atomic mass is 10.1. The molecule has 21 heavy (non-hydrogen) atoms. The van der Waals surface area contributed by atoms with E-state index in [1.54, 1.807) is 35.1 Å². The largest absolute Gasteiger partial charge is 0.309 e. The standard InChI is InChI=1S/C15H12ClFN2OS/c16-11-7-10(1-2-12(11)17)8-15(20)19-5-6-21-14-3-4-18-9-13(14)19/h1-4,7,9H,5-6,8H2. The normalized spacial score (nSPS) is 13.9. The van der Waals surface area contributed by atoms with Crippen LogP contribution in [0.1, 0.15) is 5.56 Å². The van der Waals surface area contributed by atoms with Gasteiger partial charge in [0.2, 0.25) is 5.91 Å². The van der Waals surface area contributed by atoms with Crippen LogP contribution in [0.4, 0.5) is 10.1 Å². The molecule has 1 aromatic heterocycles. The molecule has 0 saturated heterocycles. The summed E-state index contributed by atoms with van der Waals surface area (Å²) in [7, 11) is 0. The number of halogens is 2. The molecular formula is C15H12ClFN2OS. The maximum Gasteiger partial charge on any atom is 0.231 e. The van der Waals surface area contributed by atoms with E-state index in [0.717, 1.165) is 16.3 Å². The highest BCUT2D eigenvalue weighted by atomic mass is 35.5. The first kappa shape index (κ1) is 14.4. The van der Waals surface area contributed by atoms with Crippen LogP contribution in [0.25, 0.3) is 0 Å². The van der Waals surface area contributed by atoms with Gasteiger partial charge in [0.1, 0.15) is 5.82 Å². The molecule has 0 fully saturated rings. The number of amides is 1. The van der Waals surface area contributed by atoms with Crippen LogP contribution >= 0.6 is 23.4 Å². The van der Waals surface area contributed by atoms with Crippen molar-refractivity contribution in [3.63, 3.8) is 0 Å². The Morgan fingerprint density at radius 2 is 2.29 bits per heavy atom. The molecule has 6 heteroatoms. The summed E-state index contributed by atoms with van der Waals surface area (Å²) >= 11 is 7.47. The van der Waals surface area contributed by atoms with Crippen molar-refractivity contribution in [2.24, 2.45) is 0 Å². The van der Waals surface area contributed by atoms with E-state index >= 15 is 0 Å². The van der Waals surface area contributed by atoms with Crippen LogP contribution in [-0.4, -0.2) is 23.2 Å². The topological polar surface area (TPSA) is 33.2 Å². The van der Waals surface area contributed by atoms with Gasteiger partial charge in [0.15, 0.2) is 0 Å². The molecule has 2 heterocycles. The minimum absolute atomic E-state index is 0.0350. The summed E-state index contributed by atoms with van der Waals surface area (Å²) < 4.78 is 13.1. The third kappa shape index (κ3) is 3.04. The van der Waals surface area contributed by atoms with Gasteiger partial charge in [-0.15, -0.1) is 11.8 Å². The number of pyridine rings is 1. The SMILES string of the molecule is O=C(Cc1ccc(F)c(Cl)c1)N1CCSc2ccncc21. The van der Waals surface area contributed by atoms with Gasteiger partial charge in [0.05, 0.1) is 23.3 Å². The molecule has 3 nitrogen and oxygen atoms in total. The minimum atomic E-state index is -0.475. The van der Waals surface area contributed by atoms with E-state index in [9.17, 15) is 9.18 Å². The number of benzene rings is 1. The van der Waals surface area contributed by atoms with Gasteiger partial charge in [-0.1, -0.05) is 17.7 Å². The molecular weight excluding hydrogens is 311 g/mol. The maximum absolute atomic E-state index is 13.1. The Morgan fingerprint density at radius 1 is 1.43 bits per heavy atom. The van der Waals surface area contributed by atoms with Crippen LogP contribution in [0.3, 0.4) is 0 Å². The zero-order valence-electron chi connectivity index (χ0n) is 11.1. The molecule has 108 valence electrons. The second kappa shape index (κ2) is 6.03. The lowest BCUT2D eigenvalue weighted by Gasteiger charge is -2.28. The summed E-state index contributed by atoms with van der Waals surface area (Å²) in [5.74, 6) is 0.344. The molecule has 2 aromatic rings. The fourth-order valence-electron chi connectivity index (χ4n) is 2.24. The van der Waals surface area contributed by atoms with Gasteiger partial charge in [0.25, 0.3) is 0 Å². The van der Waals surface area contributed by atoms with E-state index in [0.29, 0.717) is 12.1 Å². The fourth-order valence-corrected chi connectivity index (χ4v) is 3.41. The highest BCUT2D eigenvalue weighted by Crippen LogP contribution is 2.34. The first-order valence-corrected chi connectivity index (χ1v) is 7.82. The third-order valence-corrected chi connectivity index (χ3v) is 4.60. The fraction of sp³-hybridized carbons (Fsp3) is 0.200. The quantitative estimate of drug-likeness (QED) is 0.847. The van der Waals surface area contributed by atoms with E-state index in [1.165, 1.54) is 12.1 Å². The molecule has 0 unspecified atom stereocenters. The van der Waals surface area contributed by atoms with Gasteiger partial charge in [-0.2, -0.15) is 0 Å². The second-order valence-electron chi connectivity index (χ2n) is 4.66. The second-order valence-corrected chi connectivity index (χ2v) is 6.21. The van der Waals surface area contributed by atoms with Crippen molar-refractivity contribution < 1.29 is 9.18 Å². The zero-order valence-corrected chi connectivity index (χ0v) is 12.6. The summed E-state index contributed by atoms with van der Waals surface area (Å²) in [6.45, 7) is 0.650. The number of hydrogen-bond acceptors (Lipinski definition) is 3. The predicted molar refractivity (Wildman–Crippen MR) is 82.4 cm³/mol. The molecule has 0 radical (unpaired) electrons. The lowest BCUT2D eigenvalue weighted by Crippen LogP contribution is -2.36. The van der Waals surface area contributed by atoms with Gasteiger partial charge < -0.3 is 4.90 Å². The summed E-state index contributed by atoms with van der Waals surface area (Å²) in [6, 6.07) is 6.28. The number of thioether (sulfide) groups is 1. The number of fused-ring (bicyclic) bond motifs is 1. The molecule has 1 amide bonds. The monoisotopic (exact) mass is 322 g/mol. The number of hydrogen-bond donors (Lipinski definition) is 0. The number of aromatic nitrogens is 1. The number of rotatable bonds is 2. The van der Waals surface area contributed by atoms with Crippen LogP contribution < -0.4 is 4.90 Å². The lowest BCUT2D eigenvalue weighted by molar-refractivity contribution is -0.118. The van der Waals surface area contributed by atoms with E-state index in [-0.39, 0.29) is 17.4 Å². The van der Waals surface area contributed by atoms with Crippen LogP contribution in [0.2, 0.25) is 5.02 Å². The minimum Gasteiger partial charge on any atom is -0.309 e. The Morgan fingerprint density at radius 3 is 3.10 bits per heavy atom. The van der Waals surface area contributed by atoms with Crippen molar-refractivity contribution in [1.29, 1.82) is 0 Å². The molecule has 0 spiro atoms. The maximum atomic E-state index is 13.1. The van der Waals surface area contributed by atoms with Gasteiger partial charge in [-0.25, -0.2) is 4.39 Å². The highest BCUT2D eigenvalue weighted by Gasteiger charge is 2.23. The first-order chi connectivity index (χ1) is 10.1. The van der Waals surface area contributed by atoms with Crippen molar-refractivity contribution >= 4 is 35.0 Å². The van der Waals surface area contributed by atoms with Crippen molar-refractivity contribution in [1.82, 2.24) is 4.98 Å². The number of anilines is 1. The molecule has 1 aliphatic heterocycles. The number of carbonyl (C=O) groups excluding carboxylic acids is 1. The van der Waals surface area contributed by atoms with Gasteiger partial charge in [-0.3, -0.25) is 9.78 Å². The van der Waals surface area contributed by atoms with E-state index in [2.05, 4.69) is 4.98 Å². The molecule has 1 aliphatic rings. The van der Waals surface area contributed by atoms with Gasteiger partial charge in [0, 0.05) is 23.4 Å². The summed E-state index contributed by atoms with van der Waals surface area (Å²) in [5, 5.41) is 0.0385. The molecule has 0 bridgehead atoms. The molecule has 0 saturated carbocycles. The molecule has 0 aliphatic carbocycles. The Bertz CT molecular complexity index is 695. The average molecular weight is 323 g/mol. The summed E-state index contributed by atoms with van der Waals surface area (Å²) in [4.78, 5) is 19.4. The molecule has 1 aromatic carbocycles. The average Bonchev–Trinajstić information content (AvgIpc) is 2.50. The zero-order chi connectivity index (χ0) is 14.8. The van der Waals surface area contributed by atoms with Crippen LogP contribution in [0, 0.1) is 5.82 Å². The van der Waals surface area contributed by atoms with Crippen molar-refractivity contribution in [3.8, 4) is 0 Å². The first-order valence-electron chi connectivity index (χ1n) is 6.46. The Hall–Kier alpha value is -1.59. The number of carbonyl (C=O) groups is 1. The van der Waals surface area contributed by atoms with Crippen molar-refractivity contribution in [3.05, 3.63) is 53.1 Å². The Balaban J connectivity index is 1.81. The van der Waals surface area contributed by atoms with E-state index < -0.39 is 5.82 Å². The van der Waals surface area contributed by atoms with Gasteiger partial charge >= 0.3 is 0 Å². The predicted octanol–water partition coefficient (Wildman–Crippen LogP) is 3.56. The van der Waals surface area contributed by atoms with E-state index in [1.807, 2.05) is 6.07 Å². The van der Waals surface area contributed by atoms with Gasteiger partial charge in [-0.05, 0) is 23.8 Å². The van der Waals surface area contributed by atoms with Crippen molar-refractivity contribution in [2.45, 2.75) is 11.3 Å². The van der Waals surface area contributed by atoms with Crippen LogP contribution in [0.15, 0.2) is 41.6 Å². The number of nitrogens with zero attached hydrogens (tertiary/aromatic N) is 2. The molecule has 0 atom stereocenters. The molecule has 0 N–H and O–H groups in total.